The Morgan fingerprint density at radius 2 is 2.30 bits per heavy atom. The molecular formula is C16H22N2O2. The second kappa shape index (κ2) is 5.54. The van der Waals surface area contributed by atoms with E-state index in [1.807, 2.05) is 17.0 Å². The van der Waals surface area contributed by atoms with E-state index in [0.717, 1.165) is 30.6 Å². The van der Waals surface area contributed by atoms with Crippen LogP contribution >= 0.6 is 0 Å². The molecule has 1 saturated carbocycles. The molecule has 1 amide bonds. The summed E-state index contributed by atoms with van der Waals surface area (Å²) in [5, 5.41) is 13.6. The number of hydrogen-bond donors (Lipinski definition) is 2. The summed E-state index contributed by atoms with van der Waals surface area (Å²) < 4.78 is 0. The molecule has 2 N–H and O–H groups in total. The molecule has 1 aromatic carbocycles. The second-order valence-corrected chi connectivity index (χ2v) is 5.86. The van der Waals surface area contributed by atoms with Gasteiger partial charge in [0.05, 0.1) is 6.10 Å². The van der Waals surface area contributed by atoms with Gasteiger partial charge in [-0.2, -0.15) is 0 Å². The van der Waals surface area contributed by atoms with E-state index in [1.54, 1.807) is 6.92 Å². The highest BCUT2D eigenvalue weighted by atomic mass is 16.3. The van der Waals surface area contributed by atoms with Crippen molar-refractivity contribution in [1.29, 1.82) is 0 Å². The first-order valence-electron chi connectivity index (χ1n) is 7.47. The number of aryl methyl sites for hydroxylation is 1. The lowest BCUT2D eigenvalue weighted by atomic mass is 9.97. The first kappa shape index (κ1) is 13.6. The molecule has 1 aromatic rings. The molecule has 108 valence electrons. The number of aliphatic hydroxyl groups excluding tert-OH is 1. The topological polar surface area (TPSA) is 52.6 Å². The molecule has 0 spiro atoms. The number of amides is 1. The summed E-state index contributed by atoms with van der Waals surface area (Å²) >= 11 is 0. The van der Waals surface area contributed by atoms with E-state index in [1.165, 1.54) is 18.4 Å². The number of nitrogens with zero attached hydrogens (tertiary/aromatic N) is 1. The molecule has 1 aliphatic heterocycles. The van der Waals surface area contributed by atoms with Crippen molar-refractivity contribution in [3.63, 3.8) is 0 Å². The summed E-state index contributed by atoms with van der Waals surface area (Å²) in [6.45, 7) is 2.97. The molecule has 4 nitrogen and oxygen atoms in total. The quantitative estimate of drug-likeness (QED) is 0.880. The van der Waals surface area contributed by atoms with Crippen LogP contribution in [0.2, 0.25) is 0 Å². The fraction of sp³-hybridized carbons (Fsp3) is 0.562. The number of anilines is 1. The van der Waals surface area contributed by atoms with Crippen LogP contribution in [-0.4, -0.2) is 30.1 Å². The van der Waals surface area contributed by atoms with Crippen LogP contribution < -0.4 is 10.2 Å². The van der Waals surface area contributed by atoms with Crippen molar-refractivity contribution in [2.75, 3.05) is 18.0 Å². The lowest BCUT2D eigenvalue weighted by molar-refractivity contribution is -0.116. The Labute approximate surface area is 119 Å². The summed E-state index contributed by atoms with van der Waals surface area (Å²) in [6.07, 6.45) is 3.95. The van der Waals surface area contributed by atoms with Gasteiger partial charge in [-0.1, -0.05) is 12.1 Å². The van der Waals surface area contributed by atoms with E-state index in [2.05, 4.69) is 11.4 Å². The Balaban J connectivity index is 1.78. The van der Waals surface area contributed by atoms with Gasteiger partial charge in [0.25, 0.3) is 0 Å². The minimum absolute atomic E-state index is 0.0775. The third kappa shape index (κ3) is 2.86. The van der Waals surface area contributed by atoms with Crippen LogP contribution in [0.25, 0.3) is 0 Å². The number of nitrogens with one attached hydrogen (secondary N) is 1. The average molecular weight is 274 g/mol. The minimum Gasteiger partial charge on any atom is -0.387 e. The molecule has 0 saturated heterocycles. The molecule has 1 atom stereocenters. The predicted molar refractivity (Wildman–Crippen MR) is 78.8 cm³/mol. The number of rotatable bonds is 4. The molecule has 0 radical (unpaired) electrons. The van der Waals surface area contributed by atoms with Crippen molar-refractivity contribution in [2.45, 2.75) is 44.8 Å². The van der Waals surface area contributed by atoms with Gasteiger partial charge in [0.15, 0.2) is 0 Å². The Bertz CT molecular complexity index is 511. The zero-order chi connectivity index (χ0) is 14.1. The number of hydrogen-bond acceptors (Lipinski definition) is 3. The molecule has 3 rings (SSSR count). The molecule has 1 heterocycles. The highest BCUT2D eigenvalue weighted by Gasteiger charge is 2.24. The molecule has 4 heteroatoms. The standard InChI is InChI=1S/C16H22N2O2/c1-11(19)18-8-2-3-12-4-5-13(9-15(12)18)16(20)10-17-14-6-7-14/h4-5,9,14,16-17,20H,2-3,6-8,10H2,1H3. The normalized spacial score (nSPS) is 19.6. The smallest absolute Gasteiger partial charge is 0.223 e. The van der Waals surface area contributed by atoms with Gasteiger partial charge in [-0.3, -0.25) is 4.79 Å². The zero-order valence-electron chi connectivity index (χ0n) is 11.9. The second-order valence-electron chi connectivity index (χ2n) is 5.86. The lowest BCUT2D eigenvalue weighted by Crippen LogP contribution is -2.33. The van der Waals surface area contributed by atoms with Gasteiger partial charge >= 0.3 is 0 Å². The fourth-order valence-corrected chi connectivity index (χ4v) is 2.81. The van der Waals surface area contributed by atoms with Crippen molar-refractivity contribution in [3.8, 4) is 0 Å². The number of carbonyl (C=O) groups excluding carboxylic acids is 1. The molecular weight excluding hydrogens is 252 g/mol. The Hall–Kier alpha value is -1.39. The predicted octanol–water partition coefficient (Wildman–Crippen LogP) is 1.77. The highest BCUT2D eigenvalue weighted by molar-refractivity contribution is 5.92. The van der Waals surface area contributed by atoms with E-state index in [-0.39, 0.29) is 5.91 Å². The maximum atomic E-state index is 11.7. The van der Waals surface area contributed by atoms with Gasteiger partial charge in [0.1, 0.15) is 0 Å². The summed E-state index contributed by atoms with van der Waals surface area (Å²) in [6, 6.07) is 6.62. The van der Waals surface area contributed by atoms with Crippen molar-refractivity contribution < 1.29 is 9.90 Å². The molecule has 1 aliphatic carbocycles. The first-order chi connectivity index (χ1) is 9.65. The van der Waals surface area contributed by atoms with Gasteiger partial charge in [-0.15, -0.1) is 0 Å². The number of benzene rings is 1. The van der Waals surface area contributed by atoms with Crippen LogP contribution in [0.5, 0.6) is 0 Å². The summed E-state index contributed by atoms with van der Waals surface area (Å²) in [4.78, 5) is 13.5. The Kier molecular flexibility index (Phi) is 3.76. The Morgan fingerprint density at radius 1 is 1.50 bits per heavy atom. The van der Waals surface area contributed by atoms with Crippen LogP contribution in [0.15, 0.2) is 18.2 Å². The average Bonchev–Trinajstić information content (AvgIpc) is 3.27. The maximum absolute atomic E-state index is 11.7. The maximum Gasteiger partial charge on any atom is 0.223 e. The van der Waals surface area contributed by atoms with E-state index in [9.17, 15) is 9.90 Å². The lowest BCUT2D eigenvalue weighted by Gasteiger charge is -2.29. The van der Waals surface area contributed by atoms with Crippen LogP contribution in [0.1, 0.15) is 43.4 Å². The summed E-state index contributed by atoms with van der Waals surface area (Å²) in [5.41, 5.74) is 3.08. The number of aliphatic hydroxyl groups is 1. The first-order valence-corrected chi connectivity index (χ1v) is 7.47. The van der Waals surface area contributed by atoms with E-state index >= 15 is 0 Å². The third-order valence-electron chi connectivity index (χ3n) is 4.17. The van der Waals surface area contributed by atoms with Gasteiger partial charge in [-0.25, -0.2) is 0 Å². The zero-order valence-corrected chi connectivity index (χ0v) is 11.9. The molecule has 0 bridgehead atoms. The van der Waals surface area contributed by atoms with Gasteiger partial charge < -0.3 is 15.3 Å². The largest absolute Gasteiger partial charge is 0.387 e. The molecule has 1 unspecified atom stereocenters. The summed E-state index contributed by atoms with van der Waals surface area (Å²) in [7, 11) is 0. The number of carbonyl (C=O) groups is 1. The SMILES string of the molecule is CC(=O)N1CCCc2ccc(C(O)CNC3CC3)cc21. The molecule has 1 fully saturated rings. The van der Waals surface area contributed by atoms with E-state index < -0.39 is 6.10 Å². The minimum atomic E-state index is -0.503. The van der Waals surface area contributed by atoms with Crippen molar-refractivity contribution >= 4 is 11.6 Å². The van der Waals surface area contributed by atoms with Crippen molar-refractivity contribution in [1.82, 2.24) is 5.32 Å². The monoisotopic (exact) mass is 274 g/mol. The molecule has 0 aromatic heterocycles. The van der Waals surface area contributed by atoms with Crippen molar-refractivity contribution in [2.24, 2.45) is 0 Å². The van der Waals surface area contributed by atoms with Crippen molar-refractivity contribution in [3.05, 3.63) is 29.3 Å². The third-order valence-corrected chi connectivity index (χ3v) is 4.17. The van der Waals surface area contributed by atoms with E-state index in [0.29, 0.717) is 12.6 Å². The van der Waals surface area contributed by atoms with Crippen LogP contribution in [0.3, 0.4) is 0 Å². The highest BCUT2D eigenvalue weighted by Crippen LogP contribution is 2.30. The van der Waals surface area contributed by atoms with Crippen LogP contribution in [0.4, 0.5) is 5.69 Å². The van der Waals surface area contributed by atoms with E-state index in [4.69, 9.17) is 0 Å². The summed E-state index contributed by atoms with van der Waals surface area (Å²) in [5.74, 6) is 0.0775. The van der Waals surface area contributed by atoms with Gasteiger partial charge in [0.2, 0.25) is 5.91 Å². The number of fused-ring (bicyclic) bond motifs is 1. The van der Waals surface area contributed by atoms with Crippen LogP contribution in [0, 0.1) is 0 Å². The van der Waals surface area contributed by atoms with Gasteiger partial charge in [-0.05, 0) is 42.9 Å². The fourth-order valence-electron chi connectivity index (χ4n) is 2.81. The molecule has 2 aliphatic rings. The molecule has 20 heavy (non-hydrogen) atoms. The van der Waals surface area contributed by atoms with Gasteiger partial charge in [0, 0.05) is 31.7 Å². The Morgan fingerprint density at radius 3 is 3.00 bits per heavy atom. The van der Waals surface area contributed by atoms with Crippen LogP contribution in [-0.2, 0) is 11.2 Å².